The van der Waals surface area contributed by atoms with E-state index in [1.165, 1.54) is 7.11 Å². The zero-order chi connectivity index (χ0) is 18.0. The molecule has 1 N–H and O–H groups in total. The van der Waals surface area contributed by atoms with Crippen LogP contribution in [0.2, 0.25) is 0 Å². The van der Waals surface area contributed by atoms with Gasteiger partial charge in [0.1, 0.15) is 5.69 Å². The predicted molar refractivity (Wildman–Crippen MR) is 91.3 cm³/mol. The van der Waals surface area contributed by atoms with Gasteiger partial charge in [0.15, 0.2) is 0 Å². The highest BCUT2D eigenvalue weighted by atomic mass is 16.5. The Bertz CT molecular complexity index is 793. The van der Waals surface area contributed by atoms with Crippen molar-refractivity contribution < 1.29 is 14.3 Å². The zero-order valence-corrected chi connectivity index (χ0v) is 14.7. The van der Waals surface area contributed by atoms with E-state index in [4.69, 9.17) is 4.74 Å². The highest BCUT2D eigenvalue weighted by molar-refractivity contribution is 5.92. The molecule has 1 aliphatic rings. The van der Waals surface area contributed by atoms with Crippen LogP contribution in [-0.2, 0) is 11.3 Å². The predicted octanol–water partition coefficient (Wildman–Crippen LogP) is 2.45. The van der Waals surface area contributed by atoms with E-state index in [1.54, 1.807) is 24.7 Å². The molecule has 0 atom stereocenters. The van der Waals surface area contributed by atoms with Gasteiger partial charge in [-0.25, -0.2) is 9.78 Å². The average molecular weight is 342 g/mol. The van der Waals surface area contributed by atoms with Crippen LogP contribution in [0.3, 0.4) is 0 Å². The SMILES string of the molecule is COC(=O)c1ccc(CNC(=O)c2cn(C(C)C)cn2)nc1C1CC1. The number of methoxy groups -OCH3 is 1. The lowest BCUT2D eigenvalue weighted by atomic mass is 10.1. The molecule has 7 heteroatoms. The number of aromatic nitrogens is 3. The van der Waals surface area contributed by atoms with Gasteiger partial charge in [-0.3, -0.25) is 9.78 Å². The monoisotopic (exact) mass is 342 g/mol. The van der Waals surface area contributed by atoms with Crippen LogP contribution < -0.4 is 5.32 Å². The summed E-state index contributed by atoms with van der Waals surface area (Å²) in [6.07, 6.45) is 5.43. The minimum atomic E-state index is -0.371. The molecule has 1 aliphatic carbocycles. The van der Waals surface area contributed by atoms with Crippen LogP contribution in [0.1, 0.15) is 70.9 Å². The minimum absolute atomic E-state index is 0.244. The number of hydrogen-bond acceptors (Lipinski definition) is 5. The van der Waals surface area contributed by atoms with Crippen molar-refractivity contribution in [3.8, 4) is 0 Å². The molecule has 2 aromatic heterocycles. The molecule has 1 amide bonds. The first-order valence-corrected chi connectivity index (χ1v) is 8.39. The summed E-state index contributed by atoms with van der Waals surface area (Å²) in [4.78, 5) is 32.7. The number of rotatable bonds is 6. The second kappa shape index (κ2) is 7.04. The van der Waals surface area contributed by atoms with Gasteiger partial charge in [-0.1, -0.05) is 0 Å². The largest absolute Gasteiger partial charge is 0.465 e. The second-order valence-corrected chi connectivity index (χ2v) is 6.48. The molecule has 0 unspecified atom stereocenters. The maximum absolute atomic E-state index is 12.2. The number of nitrogens with one attached hydrogen (secondary N) is 1. The summed E-state index contributed by atoms with van der Waals surface area (Å²) < 4.78 is 6.69. The van der Waals surface area contributed by atoms with Crippen molar-refractivity contribution >= 4 is 11.9 Å². The third kappa shape index (κ3) is 3.87. The van der Waals surface area contributed by atoms with Crippen molar-refractivity contribution in [2.24, 2.45) is 0 Å². The van der Waals surface area contributed by atoms with Crippen LogP contribution >= 0.6 is 0 Å². The molecule has 25 heavy (non-hydrogen) atoms. The maximum Gasteiger partial charge on any atom is 0.339 e. The van der Waals surface area contributed by atoms with E-state index in [0.29, 0.717) is 22.9 Å². The first-order valence-electron chi connectivity index (χ1n) is 8.39. The lowest BCUT2D eigenvalue weighted by Crippen LogP contribution is -2.24. The van der Waals surface area contributed by atoms with E-state index < -0.39 is 0 Å². The van der Waals surface area contributed by atoms with Crippen molar-refractivity contribution in [2.45, 2.75) is 45.2 Å². The van der Waals surface area contributed by atoms with Crippen LogP contribution in [0.4, 0.5) is 0 Å². The number of imidazole rings is 1. The smallest absolute Gasteiger partial charge is 0.339 e. The molecule has 2 aromatic rings. The Labute approximate surface area is 146 Å². The Morgan fingerprint density at radius 2 is 2.12 bits per heavy atom. The van der Waals surface area contributed by atoms with E-state index in [1.807, 2.05) is 18.4 Å². The minimum Gasteiger partial charge on any atom is -0.465 e. The molecular weight excluding hydrogens is 320 g/mol. The number of nitrogens with zero attached hydrogens (tertiary/aromatic N) is 3. The standard InChI is InChI=1S/C18H22N4O3/c1-11(2)22-9-15(20-10-22)17(23)19-8-13-6-7-14(18(24)25-3)16(21-13)12-4-5-12/h6-7,9-12H,4-5,8H2,1-3H3,(H,19,23). The number of ether oxygens (including phenoxy) is 1. The third-order valence-corrected chi connectivity index (χ3v) is 4.21. The van der Waals surface area contributed by atoms with Crippen LogP contribution in [0.25, 0.3) is 0 Å². The van der Waals surface area contributed by atoms with Crippen LogP contribution in [0, 0.1) is 0 Å². The number of hydrogen-bond donors (Lipinski definition) is 1. The summed E-state index contributed by atoms with van der Waals surface area (Å²) in [7, 11) is 1.36. The third-order valence-electron chi connectivity index (χ3n) is 4.21. The van der Waals surface area contributed by atoms with Gasteiger partial charge in [-0.2, -0.15) is 0 Å². The van der Waals surface area contributed by atoms with Gasteiger partial charge in [0.2, 0.25) is 0 Å². The lowest BCUT2D eigenvalue weighted by molar-refractivity contribution is 0.0598. The molecule has 1 saturated carbocycles. The molecule has 1 fully saturated rings. The van der Waals surface area contributed by atoms with Gasteiger partial charge in [0.25, 0.3) is 5.91 Å². The van der Waals surface area contributed by atoms with Gasteiger partial charge in [-0.15, -0.1) is 0 Å². The summed E-state index contributed by atoms with van der Waals surface area (Å²) in [5.41, 5.74) is 2.37. The fourth-order valence-electron chi connectivity index (χ4n) is 2.56. The number of esters is 1. The molecule has 0 spiro atoms. The van der Waals surface area contributed by atoms with Crippen molar-refractivity contribution in [3.05, 3.63) is 47.3 Å². The summed E-state index contributed by atoms with van der Waals surface area (Å²) in [6, 6.07) is 3.72. The Kier molecular flexibility index (Phi) is 4.83. The Hall–Kier alpha value is -2.70. The van der Waals surface area contributed by atoms with Gasteiger partial charge in [0.05, 0.1) is 36.9 Å². The summed E-state index contributed by atoms with van der Waals surface area (Å²) in [5.74, 6) is -0.304. The van der Waals surface area contributed by atoms with Gasteiger partial charge >= 0.3 is 5.97 Å². The molecule has 7 nitrogen and oxygen atoms in total. The number of pyridine rings is 1. The Balaban J connectivity index is 1.69. The van der Waals surface area contributed by atoms with E-state index >= 15 is 0 Å². The summed E-state index contributed by atoms with van der Waals surface area (Å²) in [6.45, 7) is 4.33. The highest BCUT2D eigenvalue weighted by Crippen LogP contribution is 2.40. The van der Waals surface area contributed by atoms with E-state index in [2.05, 4.69) is 15.3 Å². The fraction of sp³-hybridized carbons (Fsp3) is 0.444. The van der Waals surface area contributed by atoms with Crippen LogP contribution in [-0.4, -0.2) is 33.5 Å². The highest BCUT2D eigenvalue weighted by Gasteiger charge is 2.30. The molecule has 0 bridgehead atoms. The zero-order valence-electron chi connectivity index (χ0n) is 14.7. The fourth-order valence-corrected chi connectivity index (χ4v) is 2.56. The van der Waals surface area contributed by atoms with Gasteiger partial charge < -0.3 is 14.6 Å². The van der Waals surface area contributed by atoms with E-state index in [9.17, 15) is 9.59 Å². The molecule has 0 aromatic carbocycles. The van der Waals surface area contributed by atoms with Gasteiger partial charge in [-0.05, 0) is 38.8 Å². The van der Waals surface area contributed by atoms with Crippen molar-refractivity contribution in [1.82, 2.24) is 19.9 Å². The maximum atomic E-state index is 12.2. The number of carbonyl (C=O) groups excluding carboxylic acids is 2. The van der Waals surface area contributed by atoms with E-state index in [-0.39, 0.29) is 24.5 Å². The first-order chi connectivity index (χ1) is 12.0. The van der Waals surface area contributed by atoms with Crippen LogP contribution in [0.5, 0.6) is 0 Å². The summed E-state index contributed by atoms with van der Waals surface area (Å²) >= 11 is 0. The molecule has 132 valence electrons. The van der Waals surface area contributed by atoms with Crippen molar-refractivity contribution in [3.63, 3.8) is 0 Å². The number of amides is 1. The molecule has 2 heterocycles. The lowest BCUT2D eigenvalue weighted by Gasteiger charge is -2.09. The average Bonchev–Trinajstić information content (AvgIpc) is 3.34. The van der Waals surface area contributed by atoms with E-state index in [0.717, 1.165) is 18.5 Å². The van der Waals surface area contributed by atoms with Crippen molar-refractivity contribution in [1.29, 1.82) is 0 Å². The molecule has 0 saturated heterocycles. The first kappa shape index (κ1) is 17.1. The quantitative estimate of drug-likeness (QED) is 0.815. The molecule has 0 radical (unpaired) electrons. The second-order valence-electron chi connectivity index (χ2n) is 6.48. The molecule has 0 aliphatic heterocycles. The van der Waals surface area contributed by atoms with Crippen molar-refractivity contribution in [2.75, 3.05) is 7.11 Å². The van der Waals surface area contributed by atoms with Gasteiger partial charge in [0, 0.05) is 18.2 Å². The normalized spacial score (nSPS) is 13.8. The Morgan fingerprint density at radius 1 is 1.36 bits per heavy atom. The molecule has 3 rings (SSSR count). The Morgan fingerprint density at radius 3 is 2.72 bits per heavy atom. The topological polar surface area (TPSA) is 86.1 Å². The molecular formula is C18H22N4O3. The number of carbonyl (C=O) groups is 2. The van der Waals surface area contributed by atoms with Crippen LogP contribution in [0.15, 0.2) is 24.7 Å². The summed E-state index contributed by atoms with van der Waals surface area (Å²) in [5, 5.41) is 2.82.